The van der Waals surface area contributed by atoms with E-state index in [1.807, 2.05) is 0 Å². The van der Waals surface area contributed by atoms with Crippen molar-refractivity contribution in [2.45, 2.75) is 43.2 Å². The van der Waals surface area contributed by atoms with Crippen molar-refractivity contribution < 1.29 is 9.84 Å². The standard InChI is InChI=1S/C16H20N2O2/c19-14-9-13-16-15-11(5-6-17(16)7-8-20-13)10-3-1-2-4-12(10)18(14)15/h1-4,11,13-16,19H,5-9H2. The SMILES string of the molecule is OC1CC2OCCN3CCC4c5ccccc5N1C4C23. The van der Waals surface area contributed by atoms with Gasteiger partial charge in [-0.15, -0.1) is 0 Å². The van der Waals surface area contributed by atoms with E-state index in [1.54, 1.807) is 0 Å². The van der Waals surface area contributed by atoms with Gasteiger partial charge in [-0.2, -0.15) is 0 Å². The minimum absolute atomic E-state index is 0.206. The zero-order chi connectivity index (χ0) is 13.3. The number of anilines is 1. The van der Waals surface area contributed by atoms with E-state index in [0.717, 1.165) is 19.6 Å². The van der Waals surface area contributed by atoms with Crippen molar-refractivity contribution in [3.05, 3.63) is 29.8 Å². The van der Waals surface area contributed by atoms with Gasteiger partial charge in [0, 0.05) is 24.6 Å². The number of aliphatic hydroxyl groups is 1. The topological polar surface area (TPSA) is 35.9 Å². The third-order valence-electron chi connectivity index (χ3n) is 5.70. The number of aliphatic hydroxyl groups excluding tert-OH is 1. The summed E-state index contributed by atoms with van der Waals surface area (Å²) in [4.78, 5) is 4.88. The second kappa shape index (κ2) is 3.97. The lowest BCUT2D eigenvalue weighted by molar-refractivity contribution is -0.128. The Morgan fingerprint density at radius 3 is 3.00 bits per heavy atom. The van der Waals surface area contributed by atoms with Crippen LogP contribution < -0.4 is 4.90 Å². The summed E-state index contributed by atoms with van der Waals surface area (Å²) in [6, 6.07) is 9.49. The average Bonchev–Trinajstić information content (AvgIpc) is 2.82. The molecule has 0 aromatic heterocycles. The summed E-state index contributed by atoms with van der Waals surface area (Å²) in [5.74, 6) is 0.562. The first kappa shape index (κ1) is 11.5. The van der Waals surface area contributed by atoms with Crippen LogP contribution in [0.15, 0.2) is 24.3 Å². The molecular formula is C16H20N2O2. The van der Waals surface area contributed by atoms with E-state index in [9.17, 15) is 5.11 Å². The Balaban J connectivity index is 1.66. The number of rotatable bonds is 0. The fourth-order valence-electron chi connectivity index (χ4n) is 5.00. The van der Waals surface area contributed by atoms with Crippen molar-refractivity contribution in [2.24, 2.45) is 0 Å². The molecule has 0 aliphatic carbocycles. The van der Waals surface area contributed by atoms with E-state index in [-0.39, 0.29) is 6.10 Å². The van der Waals surface area contributed by atoms with E-state index < -0.39 is 6.23 Å². The minimum Gasteiger partial charge on any atom is -0.375 e. The smallest absolute Gasteiger partial charge is 0.129 e. The van der Waals surface area contributed by atoms with Gasteiger partial charge in [0.2, 0.25) is 0 Å². The van der Waals surface area contributed by atoms with Gasteiger partial charge < -0.3 is 14.7 Å². The van der Waals surface area contributed by atoms with E-state index >= 15 is 0 Å². The van der Waals surface area contributed by atoms with Gasteiger partial charge >= 0.3 is 0 Å². The molecule has 0 spiro atoms. The molecule has 4 nitrogen and oxygen atoms in total. The summed E-state index contributed by atoms with van der Waals surface area (Å²) in [5, 5.41) is 10.6. The number of benzene rings is 1. The van der Waals surface area contributed by atoms with Crippen LogP contribution in [0.2, 0.25) is 0 Å². The predicted octanol–water partition coefficient (Wildman–Crippen LogP) is 1.15. The van der Waals surface area contributed by atoms with Gasteiger partial charge in [0.05, 0.1) is 24.8 Å². The molecule has 3 fully saturated rings. The molecule has 0 saturated carbocycles. The number of nitrogens with zero attached hydrogens (tertiary/aromatic N) is 2. The van der Waals surface area contributed by atoms with E-state index in [0.29, 0.717) is 18.0 Å². The zero-order valence-electron chi connectivity index (χ0n) is 11.5. The minimum atomic E-state index is -0.398. The highest BCUT2D eigenvalue weighted by molar-refractivity contribution is 5.64. The summed E-state index contributed by atoms with van der Waals surface area (Å²) in [6.45, 7) is 3.03. The second-order valence-electron chi connectivity index (χ2n) is 6.50. The Kier molecular flexibility index (Phi) is 2.29. The normalized spacial score (nSPS) is 42.2. The molecule has 3 saturated heterocycles. The molecule has 4 heteroatoms. The Labute approximate surface area is 118 Å². The van der Waals surface area contributed by atoms with E-state index in [2.05, 4.69) is 34.1 Å². The first-order chi connectivity index (χ1) is 9.84. The van der Waals surface area contributed by atoms with Crippen LogP contribution in [0, 0.1) is 0 Å². The molecule has 20 heavy (non-hydrogen) atoms. The van der Waals surface area contributed by atoms with Gasteiger partial charge in [0.15, 0.2) is 0 Å². The predicted molar refractivity (Wildman–Crippen MR) is 75.8 cm³/mol. The lowest BCUT2D eigenvalue weighted by Gasteiger charge is -2.56. The van der Waals surface area contributed by atoms with Crippen LogP contribution in [-0.2, 0) is 4.74 Å². The summed E-state index contributed by atoms with van der Waals surface area (Å²) in [6.07, 6.45) is 1.75. The van der Waals surface area contributed by atoms with Gasteiger partial charge in [-0.05, 0) is 24.6 Å². The van der Waals surface area contributed by atoms with Crippen LogP contribution in [0.4, 0.5) is 5.69 Å². The van der Waals surface area contributed by atoms with Crippen molar-refractivity contribution in [3.8, 4) is 0 Å². The van der Waals surface area contributed by atoms with Crippen LogP contribution in [0.25, 0.3) is 0 Å². The van der Waals surface area contributed by atoms with Crippen molar-refractivity contribution >= 4 is 5.69 Å². The summed E-state index contributed by atoms with van der Waals surface area (Å²) < 4.78 is 5.98. The van der Waals surface area contributed by atoms with E-state index in [1.165, 1.54) is 24.2 Å². The molecule has 4 heterocycles. The number of hydrogen-bond donors (Lipinski definition) is 1. The maximum atomic E-state index is 10.6. The highest BCUT2D eigenvalue weighted by Gasteiger charge is 2.56. The Bertz CT molecular complexity index is 549. The molecule has 0 bridgehead atoms. The van der Waals surface area contributed by atoms with Crippen LogP contribution in [0.1, 0.15) is 24.3 Å². The third-order valence-corrected chi connectivity index (χ3v) is 5.70. The second-order valence-corrected chi connectivity index (χ2v) is 6.50. The molecule has 0 amide bonds. The highest BCUT2D eigenvalue weighted by Crippen LogP contribution is 2.51. The summed E-state index contributed by atoms with van der Waals surface area (Å²) in [5.41, 5.74) is 2.68. The zero-order valence-corrected chi connectivity index (χ0v) is 11.5. The van der Waals surface area contributed by atoms with Gasteiger partial charge in [-0.1, -0.05) is 18.2 Å². The fraction of sp³-hybridized carbons (Fsp3) is 0.625. The van der Waals surface area contributed by atoms with Gasteiger partial charge in [0.1, 0.15) is 6.23 Å². The Morgan fingerprint density at radius 1 is 1.15 bits per heavy atom. The summed E-state index contributed by atoms with van der Waals surface area (Å²) in [7, 11) is 0. The Morgan fingerprint density at radius 2 is 2.05 bits per heavy atom. The quantitative estimate of drug-likeness (QED) is 0.769. The number of piperidine rings is 2. The number of morpholine rings is 1. The molecule has 1 aromatic carbocycles. The van der Waals surface area contributed by atoms with Crippen molar-refractivity contribution in [1.82, 2.24) is 4.90 Å². The number of fused-ring (bicyclic) bond motifs is 3. The maximum absolute atomic E-state index is 10.6. The molecule has 5 unspecified atom stereocenters. The fourth-order valence-corrected chi connectivity index (χ4v) is 5.00. The number of para-hydroxylation sites is 1. The number of hydrogen-bond acceptors (Lipinski definition) is 4. The molecule has 106 valence electrons. The molecule has 4 aliphatic rings. The van der Waals surface area contributed by atoms with Gasteiger partial charge in [0.25, 0.3) is 0 Å². The highest BCUT2D eigenvalue weighted by atomic mass is 16.5. The molecule has 4 aliphatic heterocycles. The van der Waals surface area contributed by atoms with Gasteiger partial charge in [-0.3, -0.25) is 4.90 Å². The Hall–Kier alpha value is -1.10. The molecule has 0 radical (unpaired) electrons. The number of ether oxygens (including phenoxy) is 1. The lowest BCUT2D eigenvalue weighted by atomic mass is 9.78. The molecule has 5 atom stereocenters. The monoisotopic (exact) mass is 272 g/mol. The largest absolute Gasteiger partial charge is 0.375 e. The van der Waals surface area contributed by atoms with Crippen LogP contribution in [0.5, 0.6) is 0 Å². The van der Waals surface area contributed by atoms with Crippen molar-refractivity contribution in [1.29, 1.82) is 0 Å². The molecule has 5 rings (SSSR count). The molecular weight excluding hydrogens is 252 g/mol. The summed E-state index contributed by atoms with van der Waals surface area (Å²) >= 11 is 0. The van der Waals surface area contributed by atoms with Crippen LogP contribution >= 0.6 is 0 Å². The van der Waals surface area contributed by atoms with Crippen LogP contribution in [0.3, 0.4) is 0 Å². The van der Waals surface area contributed by atoms with Gasteiger partial charge in [-0.25, -0.2) is 0 Å². The first-order valence-electron chi connectivity index (χ1n) is 7.75. The van der Waals surface area contributed by atoms with Crippen molar-refractivity contribution in [2.75, 3.05) is 24.6 Å². The average molecular weight is 272 g/mol. The first-order valence-corrected chi connectivity index (χ1v) is 7.75. The third kappa shape index (κ3) is 1.32. The van der Waals surface area contributed by atoms with Crippen molar-refractivity contribution in [3.63, 3.8) is 0 Å². The lowest BCUT2D eigenvalue weighted by Crippen LogP contribution is -2.69. The molecule has 1 aromatic rings. The van der Waals surface area contributed by atoms with Crippen LogP contribution in [-0.4, -0.2) is 54.1 Å². The van der Waals surface area contributed by atoms with E-state index in [4.69, 9.17) is 4.74 Å². The maximum Gasteiger partial charge on any atom is 0.129 e. The molecule has 1 N–H and O–H groups in total.